The van der Waals surface area contributed by atoms with Gasteiger partial charge in [-0.25, -0.2) is 9.50 Å². The fraction of sp³-hybridized carbons (Fsp3) is 0.333. The number of aromatic nitrogens is 3. The van der Waals surface area contributed by atoms with E-state index in [0.29, 0.717) is 0 Å². The predicted molar refractivity (Wildman–Crippen MR) is 79.0 cm³/mol. The summed E-state index contributed by atoms with van der Waals surface area (Å²) in [5.74, 6) is 0. The maximum absolute atomic E-state index is 5.70. The molecule has 1 unspecified atom stereocenters. The second kappa shape index (κ2) is 4.68. The smallest absolute Gasteiger partial charge is 0.213 e. The van der Waals surface area contributed by atoms with Crippen molar-refractivity contribution < 1.29 is 4.74 Å². The molecule has 2 aromatic heterocycles. The fourth-order valence-electron chi connectivity index (χ4n) is 2.64. The van der Waals surface area contributed by atoms with Crippen LogP contribution in [0.25, 0.3) is 16.2 Å². The molecule has 3 heterocycles. The number of hydrogen-bond donors (Lipinski definition) is 0. The van der Waals surface area contributed by atoms with Gasteiger partial charge in [0.05, 0.1) is 11.4 Å². The van der Waals surface area contributed by atoms with Crippen LogP contribution in [-0.2, 0) is 4.74 Å². The molecule has 0 saturated carbocycles. The van der Waals surface area contributed by atoms with Crippen LogP contribution >= 0.6 is 11.3 Å². The third kappa shape index (κ3) is 1.85. The van der Waals surface area contributed by atoms with E-state index in [2.05, 4.69) is 24.2 Å². The number of benzene rings is 1. The summed E-state index contributed by atoms with van der Waals surface area (Å²) < 4.78 is 7.65. The molecule has 1 fully saturated rings. The van der Waals surface area contributed by atoms with Gasteiger partial charge in [0.25, 0.3) is 0 Å². The first-order valence-corrected chi connectivity index (χ1v) is 7.67. The molecule has 1 saturated heterocycles. The van der Waals surface area contributed by atoms with E-state index in [-0.39, 0.29) is 6.10 Å². The minimum atomic E-state index is 0.168. The van der Waals surface area contributed by atoms with Gasteiger partial charge in [0.1, 0.15) is 11.1 Å². The van der Waals surface area contributed by atoms with Crippen molar-refractivity contribution in [2.45, 2.75) is 25.9 Å². The van der Waals surface area contributed by atoms with Crippen molar-refractivity contribution in [3.05, 3.63) is 41.0 Å². The molecule has 0 bridgehead atoms. The zero-order valence-corrected chi connectivity index (χ0v) is 12.1. The molecule has 0 amide bonds. The number of ether oxygens (including phenoxy) is 1. The molecule has 5 heteroatoms. The molecule has 1 aliphatic rings. The normalized spacial score (nSPS) is 18.9. The standard InChI is InChI=1S/C15H15N3OS/c1-10-13(11-6-3-2-4-7-11)16-15-18(10)17-14(20-15)12-8-5-9-19-12/h2-4,6-7,12H,5,8-9H2,1H3. The minimum absolute atomic E-state index is 0.168. The van der Waals surface area contributed by atoms with Gasteiger partial charge < -0.3 is 4.74 Å². The van der Waals surface area contributed by atoms with Crippen LogP contribution in [0.2, 0.25) is 0 Å². The molecule has 1 aliphatic heterocycles. The summed E-state index contributed by atoms with van der Waals surface area (Å²) in [5.41, 5.74) is 3.25. The number of fused-ring (bicyclic) bond motifs is 1. The Bertz CT molecular complexity index is 741. The van der Waals surface area contributed by atoms with E-state index in [1.54, 1.807) is 11.3 Å². The Balaban J connectivity index is 1.79. The molecule has 4 rings (SSSR count). The van der Waals surface area contributed by atoms with Crippen LogP contribution in [0.3, 0.4) is 0 Å². The highest BCUT2D eigenvalue weighted by Crippen LogP contribution is 2.33. The van der Waals surface area contributed by atoms with Crippen molar-refractivity contribution in [1.29, 1.82) is 0 Å². The second-order valence-corrected chi connectivity index (χ2v) is 6.04. The van der Waals surface area contributed by atoms with Crippen LogP contribution in [-0.4, -0.2) is 21.2 Å². The first-order valence-electron chi connectivity index (χ1n) is 6.86. The summed E-state index contributed by atoms with van der Waals surface area (Å²) in [6.45, 7) is 2.92. The summed E-state index contributed by atoms with van der Waals surface area (Å²) in [6, 6.07) is 10.3. The van der Waals surface area contributed by atoms with Gasteiger partial charge in [-0.15, -0.1) is 0 Å². The van der Waals surface area contributed by atoms with Crippen LogP contribution in [0.5, 0.6) is 0 Å². The second-order valence-electron chi connectivity index (χ2n) is 5.05. The molecule has 0 aliphatic carbocycles. The van der Waals surface area contributed by atoms with Crippen molar-refractivity contribution in [2.75, 3.05) is 6.61 Å². The van der Waals surface area contributed by atoms with E-state index in [0.717, 1.165) is 46.4 Å². The number of nitrogens with zero attached hydrogens (tertiary/aromatic N) is 3. The fourth-order valence-corrected chi connectivity index (χ4v) is 3.66. The molecule has 102 valence electrons. The molecule has 0 radical (unpaired) electrons. The maximum atomic E-state index is 5.70. The molecular weight excluding hydrogens is 270 g/mol. The van der Waals surface area contributed by atoms with Gasteiger partial charge in [-0.3, -0.25) is 0 Å². The third-order valence-corrected chi connectivity index (χ3v) is 4.70. The largest absolute Gasteiger partial charge is 0.371 e. The summed E-state index contributed by atoms with van der Waals surface area (Å²) in [4.78, 5) is 5.69. The average Bonchev–Trinajstić information content (AvgIpc) is 3.17. The summed E-state index contributed by atoms with van der Waals surface area (Å²) in [6.07, 6.45) is 2.36. The number of aryl methyl sites for hydroxylation is 1. The Labute approximate surface area is 121 Å². The van der Waals surface area contributed by atoms with Gasteiger partial charge >= 0.3 is 0 Å². The number of hydrogen-bond acceptors (Lipinski definition) is 4. The Kier molecular flexibility index (Phi) is 2.82. The van der Waals surface area contributed by atoms with Crippen LogP contribution < -0.4 is 0 Å². The van der Waals surface area contributed by atoms with Crippen molar-refractivity contribution in [1.82, 2.24) is 14.6 Å². The average molecular weight is 285 g/mol. The Morgan fingerprint density at radius 1 is 1.30 bits per heavy atom. The number of imidazole rings is 1. The Morgan fingerprint density at radius 3 is 2.85 bits per heavy atom. The highest BCUT2D eigenvalue weighted by atomic mass is 32.1. The zero-order chi connectivity index (χ0) is 13.5. The SMILES string of the molecule is Cc1c(-c2ccccc2)nc2sc(C3CCCO3)nn12. The molecule has 0 spiro atoms. The first kappa shape index (κ1) is 12.1. The molecule has 4 nitrogen and oxygen atoms in total. The van der Waals surface area contributed by atoms with Gasteiger partial charge in [0, 0.05) is 12.2 Å². The quantitative estimate of drug-likeness (QED) is 0.722. The van der Waals surface area contributed by atoms with E-state index < -0.39 is 0 Å². The summed E-state index contributed by atoms with van der Waals surface area (Å²) in [5, 5.41) is 5.74. The Morgan fingerprint density at radius 2 is 2.15 bits per heavy atom. The topological polar surface area (TPSA) is 39.4 Å². The summed E-state index contributed by atoms with van der Waals surface area (Å²) in [7, 11) is 0. The lowest BCUT2D eigenvalue weighted by Gasteiger charge is -2.03. The molecule has 0 N–H and O–H groups in total. The van der Waals surface area contributed by atoms with E-state index in [4.69, 9.17) is 9.72 Å². The zero-order valence-electron chi connectivity index (χ0n) is 11.2. The van der Waals surface area contributed by atoms with Gasteiger partial charge in [0.15, 0.2) is 0 Å². The monoisotopic (exact) mass is 285 g/mol. The molecule has 1 atom stereocenters. The Hall–Kier alpha value is -1.72. The van der Waals surface area contributed by atoms with Crippen molar-refractivity contribution >= 4 is 16.3 Å². The maximum Gasteiger partial charge on any atom is 0.213 e. The van der Waals surface area contributed by atoms with Crippen LogP contribution in [0.15, 0.2) is 30.3 Å². The summed E-state index contributed by atoms with van der Waals surface area (Å²) >= 11 is 1.64. The number of rotatable bonds is 2. The predicted octanol–water partition coefficient (Wildman–Crippen LogP) is 3.62. The van der Waals surface area contributed by atoms with E-state index >= 15 is 0 Å². The highest BCUT2D eigenvalue weighted by molar-refractivity contribution is 7.16. The van der Waals surface area contributed by atoms with Gasteiger partial charge in [-0.05, 0) is 19.8 Å². The third-order valence-electron chi connectivity index (χ3n) is 3.70. The van der Waals surface area contributed by atoms with E-state index in [1.807, 2.05) is 22.7 Å². The van der Waals surface area contributed by atoms with E-state index in [1.165, 1.54) is 0 Å². The minimum Gasteiger partial charge on any atom is -0.371 e. The van der Waals surface area contributed by atoms with Crippen LogP contribution in [0.4, 0.5) is 0 Å². The molecule has 3 aromatic rings. The highest BCUT2D eigenvalue weighted by Gasteiger charge is 2.23. The molecular formula is C15H15N3OS. The van der Waals surface area contributed by atoms with Gasteiger partial charge in [-0.2, -0.15) is 5.10 Å². The van der Waals surface area contributed by atoms with Gasteiger partial charge in [-0.1, -0.05) is 41.7 Å². The molecule has 20 heavy (non-hydrogen) atoms. The first-order chi connectivity index (χ1) is 9.83. The lowest BCUT2D eigenvalue weighted by atomic mass is 10.1. The van der Waals surface area contributed by atoms with Crippen LogP contribution in [0, 0.1) is 6.92 Å². The van der Waals surface area contributed by atoms with E-state index in [9.17, 15) is 0 Å². The van der Waals surface area contributed by atoms with Crippen LogP contribution in [0.1, 0.15) is 29.6 Å². The lowest BCUT2D eigenvalue weighted by Crippen LogP contribution is -1.97. The molecule has 1 aromatic carbocycles. The van der Waals surface area contributed by atoms with Crippen molar-refractivity contribution in [3.63, 3.8) is 0 Å². The lowest BCUT2D eigenvalue weighted by molar-refractivity contribution is 0.111. The van der Waals surface area contributed by atoms with Crippen molar-refractivity contribution in [2.24, 2.45) is 0 Å². The van der Waals surface area contributed by atoms with Gasteiger partial charge in [0.2, 0.25) is 4.96 Å². The van der Waals surface area contributed by atoms with Crippen molar-refractivity contribution in [3.8, 4) is 11.3 Å².